The number of amides is 1. The third-order valence-corrected chi connectivity index (χ3v) is 7.43. The van der Waals surface area contributed by atoms with E-state index >= 15 is 0 Å². The smallest absolute Gasteiger partial charge is 0.259 e. The number of ether oxygens (including phenoxy) is 1. The summed E-state index contributed by atoms with van der Waals surface area (Å²) in [5.41, 5.74) is 1.31. The zero-order valence-electron chi connectivity index (χ0n) is 27.5. The van der Waals surface area contributed by atoms with Crippen LogP contribution in [0.4, 0.5) is 26.0 Å². The molecule has 1 atom stereocenters. The molecule has 2 aliphatic heterocycles. The van der Waals surface area contributed by atoms with Crippen LogP contribution in [0.5, 0.6) is 5.75 Å². The number of hydrogen-bond acceptors (Lipinski definition) is 7. The molecule has 2 fully saturated rings. The van der Waals surface area contributed by atoms with Gasteiger partial charge in [-0.2, -0.15) is 5.10 Å². The molecule has 11 heteroatoms. The maximum atomic E-state index is 14.7. The van der Waals surface area contributed by atoms with Gasteiger partial charge in [-0.05, 0) is 56.2 Å². The van der Waals surface area contributed by atoms with Crippen molar-refractivity contribution in [1.29, 1.82) is 0 Å². The zero-order valence-corrected chi connectivity index (χ0v) is 21.5. The first-order chi connectivity index (χ1) is 21.8. The van der Waals surface area contributed by atoms with Crippen LogP contribution in [0.1, 0.15) is 43.0 Å². The van der Waals surface area contributed by atoms with Crippen molar-refractivity contribution in [1.82, 2.24) is 19.5 Å². The number of anilines is 3. The number of halogens is 2. The largest absolute Gasteiger partial charge is 0.496 e. The summed E-state index contributed by atoms with van der Waals surface area (Å²) in [5, 5.41) is 7.00. The van der Waals surface area contributed by atoms with Crippen molar-refractivity contribution in [2.45, 2.75) is 18.9 Å². The second-order valence-electron chi connectivity index (χ2n) is 9.84. The highest BCUT2D eigenvalue weighted by Gasteiger charge is 2.30. The molecule has 4 heterocycles. The van der Waals surface area contributed by atoms with E-state index in [1.807, 2.05) is 9.80 Å². The third-order valence-electron chi connectivity index (χ3n) is 7.43. The highest BCUT2D eigenvalue weighted by atomic mass is 19.1. The van der Waals surface area contributed by atoms with E-state index in [4.69, 9.17) is 17.9 Å². The quantitative estimate of drug-likeness (QED) is 0.380. The number of benzene rings is 2. The number of carbonyl (C=O) groups excluding carboxylic acids is 1. The molecule has 1 N–H and O–H groups in total. The van der Waals surface area contributed by atoms with Crippen LogP contribution in [0.15, 0.2) is 54.9 Å². The van der Waals surface area contributed by atoms with Crippen LogP contribution in [0, 0.1) is 11.6 Å². The second-order valence-corrected chi connectivity index (χ2v) is 9.84. The van der Waals surface area contributed by atoms with Gasteiger partial charge in [0.05, 0.1) is 29.0 Å². The molecule has 208 valence electrons. The Morgan fingerprint density at radius 1 is 1.10 bits per heavy atom. The minimum atomic E-state index is -2.85. The number of aromatic nitrogens is 3. The van der Waals surface area contributed by atoms with Crippen molar-refractivity contribution >= 4 is 28.7 Å². The van der Waals surface area contributed by atoms with Gasteiger partial charge in [-0.3, -0.25) is 4.79 Å². The SMILES string of the molecule is [2H]C([2H])([2H])Oc1cc(N2CCN(C([2H])([2H])[2H])CC2)ccc1C(=O)Nc1cnn2ccc(N3CCC[C@@H]3c3cc(F)ccc3F)nc12. The second kappa shape index (κ2) is 10.7. The van der Waals surface area contributed by atoms with Gasteiger partial charge in [0, 0.05) is 60.4 Å². The van der Waals surface area contributed by atoms with Crippen molar-refractivity contribution in [3.63, 3.8) is 0 Å². The van der Waals surface area contributed by atoms with Gasteiger partial charge in [0.1, 0.15) is 28.9 Å². The van der Waals surface area contributed by atoms with Crippen LogP contribution in [0.25, 0.3) is 5.65 Å². The molecule has 6 rings (SSSR count). The summed E-state index contributed by atoms with van der Waals surface area (Å²) in [6.07, 6.45) is 4.40. The van der Waals surface area contributed by atoms with Crippen LogP contribution in [-0.2, 0) is 0 Å². The number of nitrogens with one attached hydrogen (secondary N) is 1. The summed E-state index contributed by atoms with van der Waals surface area (Å²) in [7, 11) is -2.85. The summed E-state index contributed by atoms with van der Waals surface area (Å²) >= 11 is 0. The minimum Gasteiger partial charge on any atom is -0.496 e. The van der Waals surface area contributed by atoms with Crippen molar-refractivity contribution in [2.24, 2.45) is 0 Å². The lowest BCUT2D eigenvalue weighted by atomic mass is 10.0. The fourth-order valence-electron chi connectivity index (χ4n) is 5.38. The predicted octanol–water partition coefficient (Wildman–Crippen LogP) is 4.36. The van der Waals surface area contributed by atoms with Crippen LogP contribution in [0.2, 0.25) is 0 Å². The third kappa shape index (κ3) is 4.92. The normalized spacial score (nSPS) is 20.8. The average Bonchev–Trinajstić information content (AvgIpc) is 3.64. The monoisotopic (exact) mass is 553 g/mol. The number of hydrogen-bond donors (Lipinski definition) is 1. The Labute approximate surface area is 239 Å². The Morgan fingerprint density at radius 3 is 2.80 bits per heavy atom. The Hall–Kier alpha value is -4.25. The Balaban J connectivity index is 1.25. The topological polar surface area (TPSA) is 78.2 Å². The van der Waals surface area contributed by atoms with E-state index in [1.54, 1.807) is 18.3 Å². The van der Waals surface area contributed by atoms with Gasteiger partial charge in [0.2, 0.25) is 0 Å². The first-order valence-electron chi connectivity index (χ1n) is 16.0. The maximum Gasteiger partial charge on any atom is 0.259 e. The standard InChI is InChI=1S/C29H31F2N7O2/c1-35-12-14-36(15-13-35)20-6-7-21(26(17-20)40-2)29(39)33-24-18-32-38-11-9-27(34-28(24)38)37-10-3-4-25(37)22-16-19(30)5-8-23(22)31/h5-9,11,16-18,25H,3-4,10,12-15H2,1-2H3,(H,33,39)/t25-/m1/s1/i1D3,2D3. The molecule has 4 aromatic rings. The molecule has 9 nitrogen and oxygen atoms in total. The predicted molar refractivity (Wildman–Crippen MR) is 149 cm³/mol. The lowest BCUT2D eigenvalue weighted by Gasteiger charge is -2.34. The number of piperazine rings is 1. The van der Waals surface area contributed by atoms with E-state index in [9.17, 15) is 13.6 Å². The molecule has 1 amide bonds. The summed E-state index contributed by atoms with van der Waals surface area (Å²) in [5.74, 6) is -1.38. The molecule has 0 spiro atoms. The van der Waals surface area contributed by atoms with Gasteiger partial charge in [-0.25, -0.2) is 18.3 Å². The van der Waals surface area contributed by atoms with Gasteiger partial charge in [0.15, 0.2) is 5.65 Å². The van der Waals surface area contributed by atoms with E-state index in [1.165, 1.54) is 33.8 Å². The Bertz CT molecular complexity index is 1760. The average molecular weight is 554 g/mol. The molecule has 0 bridgehead atoms. The molecule has 0 radical (unpaired) electrons. The molecule has 0 unspecified atom stereocenters. The van der Waals surface area contributed by atoms with Crippen LogP contribution in [-0.4, -0.2) is 72.1 Å². The van der Waals surface area contributed by atoms with Gasteiger partial charge in [-0.15, -0.1) is 0 Å². The molecule has 40 heavy (non-hydrogen) atoms. The van der Waals surface area contributed by atoms with Gasteiger partial charge >= 0.3 is 0 Å². The summed E-state index contributed by atoms with van der Waals surface area (Å²) in [6, 6.07) is 9.23. The number of rotatable bonds is 6. The number of carbonyl (C=O) groups is 1. The highest BCUT2D eigenvalue weighted by Crippen LogP contribution is 2.37. The first-order valence-corrected chi connectivity index (χ1v) is 13.0. The molecule has 2 saturated heterocycles. The highest BCUT2D eigenvalue weighted by molar-refractivity contribution is 6.08. The fourth-order valence-corrected chi connectivity index (χ4v) is 5.38. The molecule has 2 aliphatic rings. The van der Waals surface area contributed by atoms with Crippen LogP contribution >= 0.6 is 0 Å². The van der Waals surface area contributed by atoms with E-state index in [0.717, 1.165) is 18.6 Å². The van der Waals surface area contributed by atoms with Crippen molar-refractivity contribution < 1.29 is 26.5 Å². The number of likely N-dealkylation sites (N-methyl/N-ethyl adjacent to an activating group) is 1. The molecular formula is C29H31F2N7O2. The number of fused-ring (bicyclic) bond motifs is 1. The van der Waals surface area contributed by atoms with Crippen LogP contribution < -0.4 is 19.9 Å². The van der Waals surface area contributed by atoms with E-state index < -0.39 is 37.6 Å². The molecule has 0 saturated carbocycles. The van der Waals surface area contributed by atoms with E-state index in [-0.39, 0.29) is 35.7 Å². The number of nitrogens with zero attached hydrogens (tertiary/aromatic N) is 6. The van der Waals surface area contributed by atoms with Crippen molar-refractivity contribution in [2.75, 3.05) is 61.9 Å². The summed E-state index contributed by atoms with van der Waals surface area (Å²) < 4.78 is 81.2. The molecular weight excluding hydrogens is 516 g/mol. The van der Waals surface area contributed by atoms with Gasteiger partial charge in [-0.1, -0.05) is 0 Å². The minimum absolute atomic E-state index is 0.0438. The molecule has 2 aromatic carbocycles. The first kappa shape index (κ1) is 19.8. The molecule has 2 aromatic heterocycles. The van der Waals surface area contributed by atoms with Crippen molar-refractivity contribution in [3.8, 4) is 5.75 Å². The Kier molecular flexibility index (Phi) is 5.30. The lowest BCUT2D eigenvalue weighted by molar-refractivity contribution is 0.102. The summed E-state index contributed by atoms with van der Waals surface area (Å²) in [4.78, 5) is 23.4. The van der Waals surface area contributed by atoms with E-state index in [0.29, 0.717) is 43.2 Å². The molecule has 0 aliphatic carbocycles. The summed E-state index contributed by atoms with van der Waals surface area (Å²) in [6.45, 7) is -0.297. The van der Waals surface area contributed by atoms with E-state index in [2.05, 4.69) is 10.4 Å². The number of methoxy groups -OCH3 is 1. The van der Waals surface area contributed by atoms with Gasteiger partial charge < -0.3 is 24.8 Å². The van der Waals surface area contributed by atoms with Gasteiger partial charge in [0.25, 0.3) is 5.91 Å². The fraction of sp³-hybridized carbons (Fsp3) is 0.345. The van der Waals surface area contributed by atoms with Crippen molar-refractivity contribution in [3.05, 3.63) is 77.6 Å². The van der Waals surface area contributed by atoms with Crippen LogP contribution in [0.3, 0.4) is 0 Å². The lowest BCUT2D eigenvalue weighted by Crippen LogP contribution is -2.44. The maximum absolute atomic E-state index is 14.7. The zero-order chi connectivity index (χ0) is 32.8. The Morgan fingerprint density at radius 2 is 1.98 bits per heavy atom.